The second kappa shape index (κ2) is 5.63. The van der Waals surface area contributed by atoms with E-state index in [1.807, 2.05) is 6.07 Å². The molecule has 0 aliphatic carbocycles. The lowest BCUT2D eigenvalue weighted by Crippen LogP contribution is -2.47. The summed E-state index contributed by atoms with van der Waals surface area (Å²) in [6, 6.07) is 4.24. The highest BCUT2D eigenvalue weighted by Gasteiger charge is 2.24. The van der Waals surface area contributed by atoms with Gasteiger partial charge in [-0.05, 0) is 12.1 Å². The van der Waals surface area contributed by atoms with Crippen LogP contribution in [-0.2, 0) is 4.74 Å². The van der Waals surface area contributed by atoms with Crippen LogP contribution in [0.3, 0.4) is 0 Å². The molecule has 1 aromatic carbocycles. The summed E-state index contributed by atoms with van der Waals surface area (Å²) in [7, 11) is 0. The summed E-state index contributed by atoms with van der Waals surface area (Å²) in [5.74, 6) is -1.56. The lowest BCUT2D eigenvalue weighted by molar-refractivity contribution is 0.0181. The van der Waals surface area contributed by atoms with Gasteiger partial charge < -0.3 is 15.0 Å². The van der Waals surface area contributed by atoms with E-state index in [0.29, 0.717) is 12.6 Å². The van der Waals surface area contributed by atoms with Crippen molar-refractivity contribution in [1.82, 2.24) is 4.90 Å². The Hall–Kier alpha value is -2.20. The largest absolute Gasteiger partial charge is 0.360 e. The van der Waals surface area contributed by atoms with E-state index in [-0.39, 0.29) is 18.8 Å². The molecule has 1 N–H and O–H groups in total. The van der Waals surface area contributed by atoms with Crippen molar-refractivity contribution in [2.45, 2.75) is 6.10 Å². The Balaban J connectivity index is 2.02. The summed E-state index contributed by atoms with van der Waals surface area (Å²) in [5.41, 5.74) is -0.105. The average molecular weight is 267 g/mol. The molecule has 0 aromatic heterocycles. The summed E-state index contributed by atoms with van der Waals surface area (Å²) < 4.78 is 31.2. The van der Waals surface area contributed by atoms with E-state index in [0.717, 1.165) is 12.1 Å². The molecule has 1 heterocycles. The minimum absolute atomic E-state index is 0.105. The molecule has 2 amide bonds. The number of morpholine rings is 1. The number of hydrogen-bond donors (Lipinski definition) is 1. The molecular formula is C12H11F2N3O2. The first kappa shape index (κ1) is 13.2. The summed E-state index contributed by atoms with van der Waals surface area (Å²) in [6.07, 6.45) is -0.683. The summed E-state index contributed by atoms with van der Waals surface area (Å²) in [6.45, 7) is 0.676. The molecule has 0 radical (unpaired) electrons. The van der Waals surface area contributed by atoms with Crippen LogP contribution >= 0.6 is 0 Å². The predicted molar refractivity (Wildman–Crippen MR) is 62.3 cm³/mol. The van der Waals surface area contributed by atoms with Gasteiger partial charge >= 0.3 is 6.03 Å². The van der Waals surface area contributed by atoms with Crippen LogP contribution in [0.2, 0.25) is 0 Å². The van der Waals surface area contributed by atoms with E-state index < -0.39 is 23.8 Å². The minimum atomic E-state index is -0.849. The Morgan fingerprint density at radius 3 is 3.00 bits per heavy atom. The van der Waals surface area contributed by atoms with Crippen molar-refractivity contribution < 1.29 is 18.3 Å². The molecule has 7 heteroatoms. The Morgan fingerprint density at radius 2 is 2.32 bits per heavy atom. The number of hydrogen-bond acceptors (Lipinski definition) is 3. The predicted octanol–water partition coefficient (Wildman–Crippen LogP) is 1.72. The van der Waals surface area contributed by atoms with Crippen molar-refractivity contribution in [1.29, 1.82) is 5.26 Å². The molecule has 0 bridgehead atoms. The van der Waals surface area contributed by atoms with E-state index in [1.165, 1.54) is 4.90 Å². The van der Waals surface area contributed by atoms with Crippen molar-refractivity contribution >= 4 is 11.7 Å². The summed E-state index contributed by atoms with van der Waals surface area (Å²) >= 11 is 0. The molecular weight excluding hydrogens is 256 g/mol. The zero-order valence-corrected chi connectivity index (χ0v) is 9.90. The fourth-order valence-electron chi connectivity index (χ4n) is 1.70. The van der Waals surface area contributed by atoms with Crippen molar-refractivity contribution in [3.8, 4) is 6.07 Å². The third-order valence-electron chi connectivity index (χ3n) is 2.67. The molecule has 0 saturated carbocycles. The first-order valence-corrected chi connectivity index (χ1v) is 5.62. The highest BCUT2D eigenvalue weighted by molar-refractivity contribution is 5.89. The number of carbonyl (C=O) groups is 1. The number of amides is 2. The summed E-state index contributed by atoms with van der Waals surface area (Å²) in [4.78, 5) is 13.2. The lowest BCUT2D eigenvalue weighted by Gasteiger charge is -2.29. The van der Waals surface area contributed by atoms with Gasteiger partial charge in [0.05, 0.1) is 24.9 Å². The van der Waals surface area contributed by atoms with E-state index in [9.17, 15) is 13.6 Å². The van der Waals surface area contributed by atoms with Gasteiger partial charge in [-0.2, -0.15) is 5.26 Å². The van der Waals surface area contributed by atoms with Crippen molar-refractivity contribution in [2.75, 3.05) is 25.0 Å². The van der Waals surface area contributed by atoms with Gasteiger partial charge in [0.15, 0.2) is 6.10 Å². The number of rotatable bonds is 1. The molecule has 0 spiro atoms. The third kappa shape index (κ3) is 3.17. The van der Waals surface area contributed by atoms with Gasteiger partial charge in [0.2, 0.25) is 0 Å². The number of nitrogens with one attached hydrogen (secondary N) is 1. The van der Waals surface area contributed by atoms with Gasteiger partial charge in [0, 0.05) is 12.6 Å². The second-order valence-corrected chi connectivity index (χ2v) is 3.99. The Morgan fingerprint density at radius 1 is 1.53 bits per heavy atom. The van der Waals surface area contributed by atoms with Crippen LogP contribution in [-0.4, -0.2) is 36.7 Å². The number of nitriles is 1. The van der Waals surface area contributed by atoms with E-state index in [2.05, 4.69) is 5.32 Å². The molecule has 1 saturated heterocycles. The topological polar surface area (TPSA) is 65.4 Å². The number of carbonyl (C=O) groups excluding carboxylic acids is 1. The standard InChI is InChI=1S/C12H11F2N3O2/c13-8-1-2-11(10(14)5-8)16-12(18)17-3-4-19-9(6-15)7-17/h1-2,5,9H,3-4,7H2,(H,16,18). The molecule has 19 heavy (non-hydrogen) atoms. The van der Waals surface area contributed by atoms with Gasteiger partial charge in [-0.3, -0.25) is 0 Å². The number of anilines is 1. The quantitative estimate of drug-likeness (QED) is 0.842. The van der Waals surface area contributed by atoms with Gasteiger partial charge in [-0.25, -0.2) is 13.6 Å². The second-order valence-electron chi connectivity index (χ2n) is 3.99. The molecule has 1 aromatic rings. The zero-order chi connectivity index (χ0) is 13.8. The lowest BCUT2D eigenvalue weighted by atomic mass is 10.3. The highest BCUT2D eigenvalue weighted by atomic mass is 19.1. The zero-order valence-electron chi connectivity index (χ0n) is 9.90. The van der Waals surface area contributed by atoms with Crippen LogP contribution in [0.5, 0.6) is 0 Å². The number of ether oxygens (including phenoxy) is 1. The van der Waals surface area contributed by atoms with Gasteiger partial charge in [-0.1, -0.05) is 0 Å². The maximum Gasteiger partial charge on any atom is 0.322 e. The smallest absolute Gasteiger partial charge is 0.322 e. The van der Waals surface area contributed by atoms with Gasteiger partial charge in [0.1, 0.15) is 11.6 Å². The number of halogens is 2. The Bertz CT molecular complexity index is 530. The maximum atomic E-state index is 13.4. The minimum Gasteiger partial charge on any atom is -0.360 e. The molecule has 100 valence electrons. The number of urea groups is 1. The van der Waals surface area contributed by atoms with E-state index in [1.54, 1.807) is 0 Å². The molecule has 1 atom stereocenters. The molecule has 1 aliphatic heterocycles. The van der Waals surface area contributed by atoms with Crippen LogP contribution in [0, 0.1) is 23.0 Å². The van der Waals surface area contributed by atoms with Crippen molar-refractivity contribution in [3.63, 3.8) is 0 Å². The van der Waals surface area contributed by atoms with Crippen LogP contribution in [0.25, 0.3) is 0 Å². The molecule has 5 nitrogen and oxygen atoms in total. The fraction of sp³-hybridized carbons (Fsp3) is 0.333. The van der Waals surface area contributed by atoms with Crippen molar-refractivity contribution in [3.05, 3.63) is 29.8 Å². The molecule has 1 fully saturated rings. The normalized spacial score (nSPS) is 18.8. The first-order chi connectivity index (χ1) is 9.10. The fourth-order valence-corrected chi connectivity index (χ4v) is 1.70. The SMILES string of the molecule is N#CC1CN(C(=O)Nc2ccc(F)cc2F)CCO1. The van der Waals surface area contributed by atoms with Gasteiger partial charge in [0.25, 0.3) is 0 Å². The van der Waals surface area contributed by atoms with Crippen LogP contribution in [0.15, 0.2) is 18.2 Å². The molecule has 1 aliphatic rings. The average Bonchev–Trinajstić information content (AvgIpc) is 2.42. The van der Waals surface area contributed by atoms with Crippen molar-refractivity contribution in [2.24, 2.45) is 0 Å². The Labute approximate surface area is 108 Å². The third-order valence-corrected chi connectivity index (χ3v) is 2.67. The first-order valence-electron chi connectivity index (χ1n) is 5.62. The maximum absolute atomic E-state index is 13.4. The van der Waals surface area contributed by atoms with Gasteiger partial charge in [-0.15, -0.1) is 0 Å². The van der Waals surface area contributed by atoms with Crippen LogP contribution < -0.4 is 5.32 Å². The molecule has 1 unspecified atom stereocenters. The van der Waals surface area contributed by atoms with E-state index in [4.69, 9.17) is 10.00 Å². The van der Waals surface area contributed by atoms with E-state index >= 15 is 0 Å². The monoisotopic (exact) mass is 267 g/mol. The number of benzene rings is 1. The Kier molecular flexibility index (Phi) is 3.92. The highest BCUT2D eigenvalue weighted by Crippen LogP contribution is 2.16. The number of nitrogens with zero attached hydrogens (tertiary/aromatic N) is 2. The summed E-state index contributed by atoms with van der Waals surface area (Å²) in [5, 5.41) is 11.1. The van der Waals surface area contributed by atoms with Crippen LogP contribution in [0.4, 0.5) is 19.3 Å². The molecule has 2 rings (SSSR count). The van der Waals surface area contributed by atoms with Crippen LogP contribution in [0.1, 0.15) is 0 Å².